The molecule has 1 heterocycles. The van der Waals surface area contributed by atoms with Gasteiger partial charge in [0, 0.05) is 24.0 Å². The molecule has 0 saturated carbocycles. The van der Waals surface area contributed by atoms with Gasteiger partial charge in [-0.1, -0.05) is 30.3 Å². The van der Waals surface area contributed by atoms with Crippen LogP contribution in [0.1, 0.15) is 6.42 Å². The van der Waals surface area contributed by atoms with Gasteiger partial charge in [-0.2, -0.15) is 0 Å². The largest absolute Gasteiger partial charge is 0.324 e. The molecule has 29 heavy (non-hydrogen) atoms. The van der Waals surface area contributed by atoms with Gasteiger partial charge in [-0.05, 0) is 57.4 Å². The van der Waals surface area contributed by atoms with Gasteiger partial charge in [0.05, 0.1) is 10.6 Å². The first-order valence-electron chi connectivity index (χ1n) is 9.34. The fourth-order valence-corrected chi connectivity index (χ4v) is 3.79. The molecule has 3 rings (SSSR count). The van der Waals surface area contributed by atoms with Crippen LogP contribution in [0.2, 0.25) is 0 Å². The van der Waals surface area contributed by atoms with Crippen molar-refractivity contribution < 1.29 is 8.42 Å². The standard InChI is InChI=1S/C21H25N5O2S/c1-26(2)16-6-14-23-29(27,28)19-11-9-18(10-12-19)24-21-22-15-13-20(25-21)17-7-4-3-5-8-17/h3-5,7-13,15,23H,6,14,16H2,1-2H3,(H,22,24,25). The first-order valence-corrected chi connectivity index (χ1v) is 10.8. The van der Waals surface area contributed by atoms with Crippen molar-refractivity contribution in [3.05, 3.63) is 66.9 Å². The second-order valence-corrected chi connectivity index (χ2v) is 8.60. The zero-order valence-corrected chi connectivity index (χ0v) is 17.4. The number of rotatable bonds is 9. The van der Waals surface area contributed by atoms with Crippen LogP contribution in [0.3, 0.4) is 0 Å². The maximum atomic E-state index is 12.4. The molecule has 0 aliphatic carbocycles. The van der Waals surface area contributed by atoms with Gasteiger partial charge in [0.2, 0.25) is 16.0 Å². The lowest BCUT2D eigenvalue weighted by molar-refractivity contribution is 0.400. The number of hydrogen-bond donors (Lipinski definition) is 2. The van der Waals surface area contributed by atoms with Crippen molar-refractivity contribution in [1.82, 2.24) is 19.6 Å². The van der Waals surface area contributed by atoms with Gasteiger partial charge in [-0.15, -0.1) is 0 Å². The molecule has 7 nitrogen and oxygen atoms in total. The Bertz CT molecular complexity index is 1020. The monoisotopic (exact) mass is 411 g/mol. The van der Waals surface area contributed by atoms with Crippen molar-refractivity contribution >= 4 is 21.7 Å². The van der Waals surface area contributed by atoms with E-state index in [1.54, 1.807) is 30.5 Å². The third kappa shape index (κ3) is 6.08. The molecule has 0 unspecified atom stereocenters. The minimum Gasteiger partial charge on any atom is -0.324 e. The molecule has 1 aromatic heterocycles. The SMILES string of the molecule is CN(C)CCCNS(=O)(=O)c1ccc(Nc2nccc(-c3ccccc3)n2)cc1. The van der Waals surface area contributed by atoms with Crippen molar-refractivity contribution in [2.45, 2.75) is 11.3 Å². The van der Waals surface area contributed by atoms with Crippen molar-refractivity contribution in [3.8, 4) is 11.3 Å². The van der Waals surface area contributed by atoms with E-state index in [-0.39, 0.29) is 4.90 Å². The van der Waals surface area contributed by atoms with E-state index < -0.39 is 10.0 Å². The molecule has 0 bridgehead atoms. The predicted octanol–water partition coefficient (Wildman–Crippen LogP) is 3.12. The fraction of sp³-hybridized carbons (Fsp3) is 0.238. The van der Waals surface area contributed by atoms with Crippen molar-refractivity contribution in [3.63, 3.8) is 0 Å². The van der Waals surface area contributed by atoms with Crippen LogP contribution in [0.25, 0.3) is 11.3 Å². The molecule has 0 fully saturated rings. The summed E-state index contributed by atoms with van der Waals surface area (Å²) in [6, 6.07) is 18.2. The zero-order valence-electron chi connectivity index (χ0n) is 16.5. The molecule has 0 aliphatic heterocycles. The lowest BCUT2D eigenvalue weighted by Crippen LogP contribution is -2.27. The van der Waals surface area contributed by atoms with Gasteiger partial charge in [0.25, 0.3) is 0 Å². The molecule has 2 N–H and O–H groups in total. The Hall–Kier alpha value is -2.81. The van der Waals surface area contributed by atoms with Crippen LogP contribution < -0.4 is 10.0 Å². The van der Waals surface area contributed by atoms with Gasteiger partial charge >= 0.3 is 0 Å². The van der Waals surface area contributed by atoms with Gasteiger partial charge in [0.1, 0.15) is 0 Å². The zero-order chi connectivity index (χ0) is 20.7. The average molecular weight is 412 g/mol. The van der Waals surface area contributed by atoms with Crippen LogP contribution >= 0.6 is 0 Å². The minimum atomic E-state index is -3.52. The summed E-state index contributed by atoms with van der Waals surface area (Å²) in [5.74, 6) is 0.448. The molecule has 0 aliphatic rings. The molecule has 0 amide bonds. The summed E-state index contributed by atoms with van der Waals surface area (Å²) in [5, 5.41) is 3.11. The third-order valence-electron chi connectivity index (χ3n) is 4.22. The number of sulfonamides is 1. The van der Waals surface area contributed by atoms with E-state index in [2.05, 4.69) is 20.0 Å². The highest BCUT2D eigenvalue weighted by Gasteiger charge is 2.13. The Kier molecular flexibility index (Phi) is 6.92. The number of nitrogens with one attached hydrogen (secondary N) is 2. The first kappa shape index (κ1) is 20.9. The number of hydrogen-bond acceptors (Lipinski definition) is 6. The van der Waals surface area contributed by atoms with E-state index in [1.807, 2.05) is 55.4 Å². The van der Waals surface area contributed by atoms with Crippen LogP contribution in [0.15, 0.2) is 71.8 Å². The summed E-state index contributed by atoms with van der Waals surface area (Å²) in [5.41, 5.74) is 2.52. The molecular formula is C21H25N5O2S. The molecule has 0 radical (unpaired) electrons. The predicted molar refractivity (Wildman–Crippen MR) is 116 cm³/mol. The summed E-state index contributed by atoms with van der Waals surface area (Å²) in [6.45, 7) is 1.23. The molecule has 8 heteroatoms. The van der Waals surface area contributed by atoms with Crippen molar-refractivity contribution in [2.24, 2.45) is 0 Å². The van der Waals surface area contributed by atoms with Crippen LogP contribution in [0.4, 0.5) is 11.6 Å². The van der Waals surface area contributed by atoms with Crippen LogP contribution in [0, 0.1) is 0 Å². The van der Waals surface area contributed by atoms with Gasteiger partial charge < -0.3 is 10.2 Å². The summed E-state index contributed by atoms with van der Waals surface area (Å²) in [4.78, 5) is 11.0. The van der Waals surface area contributed by atoms with E-state index in [4.69, 9.17) is 0 Å². The van der Waals surface area contributed by atoms with E-state index in [9.17, 15) is 8.42 Å². The van der Waals surface area contributed by atoms with Crippen molar-refractivity contribution in [2.75, 3.05) is 32.5 Å². The van der Waals surface area contributed by atoms with Crippen molar-refractivity contribution in [1.29, 1.82) is 0 Å². The molecule has 3 aromatic rings. The lowest BCUT2D eigenvalue weighted by Gasteiger charge is -2.11. The second kappa shape index (κ2) is 9.60. The normalized spacial score (nSPS) is 11.6. The fourth-order valence-electron chi connectivity index (χ4n) is 2.72. The Labute approximate surface area is 171 Å². The maximum absolute atomic E-state index is 12.4. The Morgan fingerprint density at radius 2 is 1.69 bits per heavy atom. The van der Waals surface area contributed by atoms with Crippen LogP contribution in [-0.2, 0) is 10.0 Å². The summed E-state index contributed by atoms with van der Waals surface area (Å²) < 4.78 is 27.4. The average Bonchev–Trinajstić information content (AvgIpc) is 2.72. The minimum absolute atomic E-state index is 0.229. The first-order chi connectivity index (χ1) is 13.9. The highest BCUT2D eigenvalue weighted by molar-refractivity contribution is 7.89. The molecule has 0 atom stereocenters. The highest BCUT2D eigenvalue weighted by atomic mass is 32.2. The molecule has 2 aromatic carbocycles. The topological polar surface area (TPSA) is 87.2 Å². The van der Waals surface area contributed by atoms with E-state index in [0.717, 1.165) is 24.2 Å². The third-order valence-corrected chi connectivity index (χ3v) is 5.70. The summed E-state index contributed by atoms with van der Waals surface area (Å²) in [6.07, 6.45) is 2.44. The number of nitrogens with zero attached hydrogens (tertiary/aromatic N) is 3. The Morgan fingerprint density at radius 3 is 2.38 bits per heavy atom. The van der Waals surface area contributed by atoms with Crippen LogP contribution in [-0.4, -0.2) is 50.5 Å². The molecule has 152 valence electrons. The Balaban J connectivity index is 1.65. The quantitative estimate of drug-likeness (QED) is 0.526. The summed E-state index contributed by atoms with van der Waals surface area (Å²) >= 11 is 0. The van der Waals surface area contributed by atoms with Gasteiger partial charge in [-0.3, -0.25) is 0 Å². The van der Waals surface area contributed by atoms with Crippen LogP contribution in [0.5, 0.6) is 0 Å². The van der Waals surface area contributed by atoms with Gasteiger partial charge in [0.15, 0.2) is 0 Å². The number of benzene rings is 2. The molecular weight excluding hydrogens is 386 g/mol. The number of anilines is 2. The Morgan fingerprint density at radius 1 is 0.966 bits per heavy atom. The highest BCUT2D eigenvalue weighted by Crippen LogP contribution is 2.20. The lowest BCUT2D eigenvalue weighted by atomic mass is 10.1. The molecule has 0 saturated heterocycles. The maximum Gasteiger partial charge on any atom is 0.240 e. The van der Waals surface area contributed by atoms with E-state index in [1.165, 1.54) is 0 Å². The molecule has 0 spiro atoms. The summed E-state index contributed by atoms with van der Waals surface area (Å²) in [7, 11) is 0.398. The smallest absolute Gasteiger partial charge is 0.240 e. The second-order valence-electron chi connectivity index (χ2n) is 6.84. The van der Waals surface area contributed by atoms with E-state index >= 15 is 0 Å². The van der Waals surface area contributed by atoms with E-state index in [0.29, 0.717) is 18.2 Å². The number of aromatic nitrogens is 2. The van der Waals surface area contributed by atoms with Gasteiger partial charge in [-0.25, -0.2) is 23.1 Å².